The van der Waals surface area contributed by atoms with E-state index in [0.717, 1.165) is 10.9 Å². The maximum atomic E-state index is 9.15. The molecular formula is C11H14BrNO. The number of fused-ring (bicyclic) bond motifs is 1. The Kier molecular flexibility index (Phi) is 2.91. The number of halogens is 1. The van der Waals surface area contributed by atoms with E-state index in [-0.39, 0.29) is 12.6 Å². The Hall–Kier alpha value is -0.380. The van der Waals surface area contributed by atoms with Gasteiger partial charge in [-0.25, -0.2) is 0 Å². The van der Waals surface area contributed by atoms with Gasteiger partial charge in [0.05, 0.1) is 6.61 Å². The molecule has 0 radical (unpaired) electrons. The highest BCUT2D eigenvalue weighted by Crippen LogP contribution is 2.30. The van der Waals surface area contributed by atoms with E-state index in [9.17, 15) is 0 Å². The van der Waals surface area contributed by atoms with Crippen LogP contribution in [0.4, 0.5) is 0 Å². The molecule has 1 aliphatic heterocycles. The van der Waals surface area contributed by atoms with Gasteiger partial charge >= 0.3 is 0 Å². The van der Waals surface area contributed by atoms with Crippen LogP contribution in [0.25, 0.3) is 0 Å². The lowest BCUT2D eigenvalue weighted by molar-refractivity contribution is 0.225. The van der Waals surface area contributed by atoms with Crippen molar-refractivity contribution < 1.29 is 5.11 Å². The molecule has 76 valence electrons. The molecule has 0 saturated heterocycles. The Labute approximate surface area is 92.5 Å². The second-order valence-corrected chi connectivity index (χ2v) is 4.63. The van der Waals surface area contributed by atoms with Gasteiger partial charge < -0.3 is 10.4 Å². The summed E-state index contributed by atoms with van der Waals surface area (Å²) in [6, 6.07) is 6.78. The average molecular weight is 256 g/mol. The van der Waals surface area contributed by atoms with Gasteiger partial charge in [-0.2, -0.15) is 0 Å². The molecule has 1 aromatic carbocycles. The Morgan fingerprint density at radius 2 is 2.36 bits per heavy atom. The summed E-state index contributed by atoms with van der Waals surface area (Å²) < 4.78 is 1.15. The van der Waals surface area contributed by atoms with Crippen LogP contribution in [0.2, 0.25) is 0 Å². The van der Waals surface area contributed by atoms with E-state index in [4.69, 9.17) is 5.11 Å². The molecule has 1 unspecified atom stereocenters. The Balaban J connectivity index is 2.40. The predicted molar refractivity (Wildman–Crippen MR) is 60.3 cm³/mol. The SMILES string of the molecule is CC1N[C@@H](CO)Cc2c(Br)cccc21. The van der Waals surface area contributed by atoms with Crippen molar-refractivity contribution in [3.8, 4) is 0 Å². The summed E-state index contributed by atoms with van der Waals surface area (Å²) in [7, 11) is 0. The van der Waals surface area contributed by atoms with Crippen LogP contribution in [0.3, 0.4) is 0 Å². The first-order chi connectivity index (χ1) is 6.72. The molecule has 2 nitrogen and oxygen atoms in total. The zero-order valence-electron chi connectivity index (χ0n) is 8.13. The topological polar surface area (TPSA) is 32.3 Å². The van der Waals surface area contributed by atoms with Crippen molar-refractivity contribution in [2.45, 2.75) is 25.4 Å². The summed E-state index contributed by atoms with van der Waals surface area (Å²) in [4.78, 5) is 0. The zero-order valence-corrected chi connectivity index (χ0v) is 9.71. The van der Waals surface area contributed by atoms with E-state index in [0.29, 0.717) is 6.04 Å². The summed E-state index contributed by atoms with van der Waals surface area (Å²) in [5.74, 6) is 0. The van der Waals surface area contributed by atoms with Gasteiger partial charge in [0.25, 0.3) is 0 Å². The number of aliphatic hydroxyl groups excluding tert-OH is 1. The Bertz CT molecular complexity index is 340. The van der Waals surface area contributed by atoms with Crippen LogP contribution in [0.1, 0.15) is 24.1 Å². The lowest BCUT2D eigenvalue weighted by atomic mass is 9.91. The van der Waals surface area contributed by atoms with Gasteiger partial charge in [-0.1, -0.05) is 28.1 Å². The lowest BCUT2D eigenvalue weighted by Crippen LogP contribution is -2.40. The molecule has 0 aliphatic carbocycles. The van der Waals surface area contributed by atoms with Crippen molar-refractivity contribution in [3.63, 3.8) is 0 Å². The van der Waals surface area contributed by atoms with Gasteiger partial charge in [-0.3, -0.25) is 0 Å². The second-order valence-electron chi connectivity index (χ2n) is 3.78. The van der Waals surface area contributed by atoms with E-state index in [2.05, 4.69) is 46.4 Å². The van der Waals surface area contributed by atoms with Crippen molar-refractivity contribution in [1.29, 1.82) is 0 Å². The quantitative estimate of drug-likeness (QED) is 0.805. The normalized spacial score (nSPS) is 25.9. The van der Waals surface area contributed by atoms with Crippen LogP contribution < -0.4 is 5.32 Å². The van der Waals surface area contributed by atoms with Crippen LogP contribution in [0.5, 0.6) is 0 Å². The minimum absolute atomic E-state index is 0.191. The van der Waals surface area contributed by atoms with Gasteiger partial charge in [0.2, 0.25) is 0 Å². The number of hydrogen-bond acceptors (Lipinski definition) is 2. The van der Waals surface area contributed by atoms with Crippen molar-refractivity contribution in [2.75, 3.05) is 6.61 Å². The summed E-state index contributed by atoms with van der Waals surface area (Å²) >= 11 is 3.56. The molecule has 0 spiro atoms. The van der Waals surface area contributed by atoms with Crippen molar-refractivity contribution in [2.24, 2.45) is 0 Å². The molecule has 0 bridgehead atoms. The highest BCUT2D eigenvalue weighted by Gasteiger charge is 2.23. The Morgan fingerprint density at radius 1 is 1.57 bits per heavy atom. The van der Waals surface area contributed by atoms with Gasteiger partial charge in [0, 0.05) is 16.6 Å². The number of hydrogen-bond donors (Lipinski definition) is 2. The minimum atomic E-state index is 0.191. The maximum absolute atomic E-state index is 9.15. The first kappa shape index (κ1) is 10.1. The smallest absolute Gasteiger partial charge is 0.0588 e. The van der Waals surface area contributed by atoms with E-state index in [1.807, 2.05) is 0 Å². The van der Waals surface area contributed by atoms with Crippen LogP contribution >= 0.6 is 15.9 Å². The molecular weight excluding hydrogens is 242 g/mol. The summed E-state index contributed by atoms with van der Waals surface area (Å²) in [6.45, 7) is 2.33. The standard InChI is InChI=1S/C11H14BrNO/c1-7-9-3-2-4-11(12)10(9)5-8(6-14)13-7/h2-4,7-8,13-14H,5-6H2,1H3/t7?,8-/m1/s1. The van der Waals surface area contributed by atoms with E-state index in [1.165, 1.54) is 11.1 Å². The lowest BCUT2D eigenvalue weighted by Gasteiger charge is -2.30. The molecule has 14 heavy (non-hydrogen) atoms. The van der Waals surface area contributed by atoms with Crippen LogP contribution in [0, 0.1) is 0 Å². The molecule has 0 saturated carbocycles. The fourth-order valence-electron chi connectivity index (χ4n) is 2.06. The number of rotatable bonds is 1. The monoisotopic (exact) mass is 255 g/mol. The van der Waals surface area contributed by atoms with Crippen molar-refractivity contribution in [1.82, 2.24) is 5.32 Å². The molecule has 2 N–H and O–H groups in total. The molecule has 0 aromatic heterocycles. The number of nitrogens with one attached hydrogen (secondary N) is 1. The molecule has 2 atom stereocenters. The van der Waals surface area contributed by atoms with Gasteiger partial charge in [0.1, 0.15) is 0 Å². The number of benzene rings is 1. The van der Waals surface area contributed by atoms with E-state index < -0.39 is 0 Å². The Morgan fingerprint density at radius 3 is 3.07 bits per heavy atom. The van der Waals surface area contributed by atoms with Gasteiger partial charge in [-0.15, -0.1) is 0 Å². The van der Waals surface area contributed by atoms with Crippen molar-refractivity contribution >= 4 is 15.9 Å². The fraction of sp³-hybridized carbons (Fsp3) is 0.455. The van der Waals surface area contributed by atoms with Crippen LogP contribution in [-0.4, -0.2) is 17.8 Å². The maximum Gasteiger partial charge on any atom is 0.0588 e. The molecule has 3 heteroatoms. The molecule has 1 heterocycles. The fourth-order valence-corrected chi connectivity index (χ4v) is 2.61. The highest BCUT2D eigenvalue weighted by molar-refractivity contribution is 9.10. The molecule has 0 amide bonds. The third-order valence-electron chi connectivity index (χ3n) is 2.78. The summed E-state index contributed by atoms with van der Waals surface area (Å²) in [5.41, 5.74) is 2.67. The zero-order chi connectivity index (χ0) is 10.1. The summed E-state index contributed by atoms with van der Waals surface area (Å²) in [5, 5.41) is 12.5. The predicted octanol–water partition coefficient (Wildman–Crippen LogP) is 2.02. The van der Waals surface area contributed by atoms with E-state index in [1.54, 1.807) is 0 Å². The third kappa shape index (κ3) is 1.72. The second kappa shape index (κ2) is 4.01. The molecule has 1 aromatic rings. The first-order valence-corrected chi connectivity index (χ1v) is 5.66. The largest absolute Gasteiger partial charge is 0.395 e. The van der Waals surface area contributed by atoms with Gasteiger partial charge in [-0.05, 0) is 30.5 Å². The highest BCUT2D eigenvalue weighted by atomic mass is 79.9. The minimum Gasteiger partial charge on any atom is -0.395 e. The molecule has 2 rings (SSSR count). The van der Waals surface area contributed by atoms with Gasteiger partial charge in [0.15, 0.2) is 0 Å². The average Bonchev–Trinajstić information content (AvgIpc) is 2.19. The molecule has 0 fully saturated rings. The third-order valence-corrected chi connectivity index (χ3v) is 3.52. The number of aliphatic hydroxyl groups is 1. The van der Waals surface area contributed by atoms with Crippen molar-refractivity contribution in [3.05, 3.63) is 33.8 Å². The summed E-state index contributed by atoms with van der Waals surface area (Å²) in [6.07, 6.45) is 0.900. The first-order valence-electron chi connectivity index (χ1n) is 4.86. The van der Waals surface area contributed by atoms with E-state index >= 15 is 0 Å². The molecule has 1 aliphatic rings. The van der Waals surface area contributed by atoms with Crippen LogP contribution in [0.15, 0.2) is 22.7 Å². The van der Waals surface area contributed by atoms with Crippen LogP contribution in [-0.2, 0) is 6.42 Å².